The molecular weight excluding hydrogens is 256 g/mol. The summed E-state index contributed by atoms with van der Waals surface area (Å²) < 4.78 is 0. The molecule has 114 valence electrons. The molecule has 2 N–H and O–H groups in total. The fraction of sp³-hybridized carbons (Fsp3) is 1.00. The van der Waals surface area contributed by atoms with Crippen molar-refractivity contribution >= 4 is 0 Å². The minimum atomic E-state index is -0.626. The molecule has 5 nitrogen and oxygen atoms in total. The van der Waals surface area contributed by atoms with E-state index in [1.54, 1.807) is 0 Å². The Bertz CT molecular complexity index is 419. The fourth-order valence-corrected chi connectivity index (χ4v) is 7.11. The van der Waals surface area contributed by atoms with E-state index < -0.39 is 5.09 Å². The van der Waals surface area contributed by atoms with Crippen LogP contribution in [0.1, 0.15) is 58.8 Å². The van der Waals surface area contributed by atoms with E-state index in [0.717, 1.165) is 32.2 Å². The minimum Gasteiger partial charge on any atom is -0.330 e. The van der Waals surface area contributed by atoms with Crippen LogP contribution in [0.15, 0.2) is 0 Å². The maximum absolute atomic E-state index is 10.6. The summed E-state index contributed by atoms with van der Waals surface area (Å²) in [5.74, 6) is 0. The van der Waals surface area contributed by atoms with Gasteiger partial charge in [0, 0.05) is 0 Å². The lowest BCUT2D eigenvalue weighted by molar-refractivity contribution is -0.761. The molecular formula is C15H26N2O3. The Labute approximate surface area is 120 Å². The average Bonchev–Trinajstić information content (AvgIpc) is 2.21. The zero-order valence-corrected chi connectivity index (χ0v) is 12.6. The van der Waals surface area contributed by atoms with E-state index in [4.69, 9.17) is 10.6 Å². The maximum atomic E-state index is 10.6. The molecule has 4 aliphatic rings. The maximum Gasteiger partial charge on any atom is 0.294 e. The zero-order valence-electron chi connectivity index (χ0n) is 12.6. The van der Waals surface area contributed by atoms with Gasteiger partial charge in [-0.15, -0.1) is 10.1 Å². The highest BCUT2D eigenvalue weighted by Gasteiger charge is 2.65. The lowest BCUT2D eigenvalue weighted by Crippen LogP contribution is -2.61. The van der Waals surface area contributed by atoms with E-state index in [0.29, 0.717) is 16.2 Å². The van der Waals surface area contributed by atoms with Crippen LogP contribution in [0.2, 0.25) is 0 Å². The van der Waals surface area contributed by atoms with Crippen molar-refractivity contribution in [1.82, 2.24) is 0 Å². The SMILES string of the molecule is CC12CC3(C)CC(CCN)(C1)CC(CO[N+](=O)[O-])(C2)C3. The largest absolute Gasteiger partial charge is 0.330 e. The molecule has 5 heteroatoms. The standard InChI is InChI=1S/C15H26N2O3/c1-12-5-13(2)7-14(6-12,3-4-16)10-15(8-12,9-13)11-20-17(18)19/h3-11,16H2,1-2H3. The van der Waals surface area contributed by atoms with Crippen LogP contribution in [-0.2, 0) is 4.84 Å². The van der Waals surface area contributed by atoms with E-state index >= 15 is 0 Å². The van der Waals surface area contributed by atoms with E-state index in [2.05, 4.69) is 13.8 Å². The van der Waals surface area contributed by atoms with Gasteiger partial charge in [0.1, 0.15) is 6.61 Å². The Balaban J connectivity index is 1.91. The van der Waals surface area contributed by atoms with Crippen LogP contribution in [0.4, 0.5) is 0 Å². The normalized spacial score (nSPS) is 49.4. The van der Waals surface area contributed by atoms with Crippen molar-refractivity contribution in [3.63, 3.8) is 0 Å². The fourth-order valence-electron chi connectivity index (χ4n) is 7.11. The molecule has 0 radical (unpaired) electrons. The summed E-state index contributed by atoms with van der Waals surface area (Å²) in [6.07, 6.45) is 8.02. The Kier molecular flexibility index (Phi) is 2.89. The number of nitrogens with zero attached hydrogens (tertiary/aromatic N) is 1. The third-order valence-electron chi connectivity index (χ3n) is 5.96. The molecule has 4 aliphatic carbocycles. The molecule has 0 aromatic rings. The van der Waals surface area contributed by atoms with Crippen LogP contribution in [0.3, 0.4) is 0 Å². The van der Waals surface area contributed by atoms with Crippen LogP contribution < -0.4 is 5.73 Å². The van der Waals surface area contributed by atoms with Gasteiger partial charge in [-0.2, -0.15) is 0 Å². The Morgan fingerprint density at radius 1 is 1.05 bits per heavy atom. The van der Waals surface area contributed by atoms with E-state index in [9.17, 15) is 10.1 Å². The van der Waals surface area contributed by atoms with E-state index in [-0.39, 0.29) is 12.0 Å². The summed E-state index contributed by atoms with van der Waals surface area (Å²) in [6.45, 7) is 5.74. The first-order valence-electron chi connectivity index (χ1n) is 7.69. The van der Waals surface area contributed by atoms with Gasteiger partial charge in [0.15, 0.2) is 0 Å². The molecule has 20 heavy (non-hydrogen) atoms. The molecule has 0 aromatic heterocycles. The van der Waals surface area contributed by atoms with Crippen molar-refractivity contribution in [3.05, 3.63) is 10.1 Å². The van der Waals surface area contributed by atoms with Crippen molar-refractivity contribution in [2.75, 3.05) is 13.2 Å². The average molecular weight is 282 g/mol. The molecule has 4 saturated carbocycles. The number of hydrogen-bond donors (Lipinski definition) is 1. The van der Waals surface area contributed by atoms with Gasteiger partial charge in [0.05, 0.1) is 0 Å². The molecule has 4 fully saturated rings. The molecule has 0 spiro atoms. The van der Waals surface area contributed by atoms with Crippen molar-refractivity contribution in [2.24, 2.45) is 27.4 Å². The van der Waals surface area contributed by atoms with Gasteiger partial charge in [0.25, 0.3) is 5.09 Å². The van der Waals surface area contributed by atoms with Gasteiger partial charge >= 0.3 is 0 Å². The summed E-state index contributed by atoms with van der Waals surface area (Å²) >= 11 is 0. The smallest absolute Gasteiger partial charge is 0.294 e. The van der Waals surface area contributed by atoms with Gasteiger partial charge in [-0.3, -0.25) is 0 Å². The first-order valence-corrected chi connectivity index (χ1v) is 7.69. The quantitative estimate of drug-likeness (QED) is 0.621. The Morgan fingerprint density at radius 3 is 2.10 bits per heavy atom. The second-order valence-electron chi connectivity index (χ2n) is 8.72. The molecule has 4 rings (SSSR count). The highest BCUT2D eigenvalue weighted by molar-refractivity contribution is 5.15. The van der Waals surface area contributed by atoms with Gasteiger partial charge < -0.3 is 10.6 Å². The van der Waals surface area contributed by atoms with Gasteiger partial charge in [-0.25, -0.2) is 0 Å². The molecule has 2 unspecified atom stereocenters. The monoisotopic (exact) mass is 282 g/mol. The number of nitrogens with two attached hydrogens (primary N) is 1. The van der Waals surface area contributed by atoms with Crippen molar-refractivity contribution < 1.29 is 9.92 Å². The minimum absolute atomic E-state index is 0.000486. The molecule has 0 heterocycles. The van der Waals surface area contributed by atoms with Crippen LogP contribution in [0.5, 0.6) is 0 Å². The predicted molar refractivity (Wildman–Crippen MR) is 75.4 cm³/mol. The number of hydrogen-bond acceptors (Lipinski definition) is 4. The topological polar surface area (TPSA) is 78.4 Å². The van der Waals surface area contributed by atoms with Crippen molar-refractivity contribution in [1.29, 1.82) is 0 Å². The Hall–Kier alpha value is -0.840. The lowest BCUT2D eigenvalue weighted by Gasteiger charge is -2.69. The van der Waals surface area contributed by atoms with E-state index in [1.807, 2.05) is 0 Å². The molecule has 0 aliphatic heterocycles. The van der Waals surface area contributed by atoms with Gasteiger partial charge in [0.2, 0.25) is 0 Å². The summed E-state index contributed by atoms with van der Waals surface area (Å²) in [5.41, 5.74) is 6.80. The second-order valence-corrected chi connectivity index (χ2v) is 8.72. The number of rotatable bonds is 5. The van der Waals surface area contributed by atoms with Crippen LogP contribution in [0.25, 0.3) is 0 Å². The predicted octanol–water partition coefficient (Wildman–Crippen LogP) is 2.91. The summed E-state index contributed by atoms with van der Waals surface area (Å²) in [6, 6.07) is 0. The van der Waals surface area contributed by atoms with Crippen molar-refractivity contribution in [2.45, 2.75) is 58.8 Å². The molecule has 0 amide bonds. The molecule has 2 atom stereocenters. The summed E-state index contributed by atoms with van der Waals surface area (Å²) in [5, 5.41) is 9.99. The second kappa shape index (κ2) is 4.09. The molecule has 0 saturated heterocycles. The van der Waals surface area contributed by atoms with Gasteiger partial charge in [-0.05, 0) is 73.2 Å². The van der Waals surface area contributed by atoms with Crippen LogP contribution >= 0.6 is 0 Å². The first kappa shape index (κ1) is 14.1. The molecule has 4 bridgehead atoms. The summed E-state index contributed by atoms with van der Waals surface area (Å²) in [4.78, 5) is 15.5. The Morgan fingerprint density at radius 2 is 1.60 bits per heavy atom. The van der Waals surface area contributed by atoms with Crippen LogP contribution in [0, 0.1) is 31.8 Å². The molecule has 0 aromatic carbocycles. The third kappa shape index (κ3) is 2.20. The van der Waals surface area contributed by atoms with Gasteiger partial charge in [-0.1, -0.05) is 13.8 Å². The summed E-state index contributed by atoms with van der Waals surface area (Å²) in [7, 11) is 0. The lowest BCUT2D eigenvalue weighted by atomic mass is 9.36. The van der Waals surface area contributed by atoms with Crippen LogP contribution in [-0.4, -0.2) is 18.2 Å². The highest BCUT2D eigenvalue weighted by atomic mass is 16.9. The van der Waals surface area contributed by atoms with E-state index in [1.165, 1.54) is 19.3 Å². The van der Waals surface area contributed by atoms with Crippen molar-refractivity contribution in [3.8, 4) is 0 Å². The highest BCUT2D eigenvalue weighted by Crippen LogP contribution is 2.74. The first-order chi connectivity index (χ1) is 9.22. The zero-order chi connectivity index (χ0) is 14.6. The third-order valence-corrected chi connectivity index (χ3v) is 5.96.